The zero-order valence-electron chi connectivity index (χ0n) is 12.8. The molecule has 0 spiro atoms. The molecule has 0 saturated carbocycles. The average molecular weight is 353 g/mol. The zero-order chi connectivity index (χ0) is 16.2. The minimum absolute atomic E-state index is 0.0101. The fourth-order valence-electron chi connectivity index (χ4n) is 2.66. The lowest BCUT2D eigenvalue weighted by Crippen LogP contribution is -2.38. The molecule has 0 N–H and O–H groups in total. The minimum atomic E-state index is -0.0101. The summed E-state index contributed by atoms with van der Waals surface area (Å²) in [7, 11) is 1.66. The van der Waals surface area contributed by atoms with Crippen LogP contribution in [0.15, 0.2) is 36.5 Å². The number of pyridine rings is 1. The van der Waals surface area contributed by atoms with Crippen molar-refractivity contribution in [2.45, 2.75) is 12.6 Å². The molecule has 1 aromatic carbocycles. The Kier molecular flexibility index (Phi) is 5.38. The van der Waals surface area contributed by atoms with E-state index in [-0.39, 0.29) is 6.10 Å². The monoisotopic (exact) mass is 352 g/mol. The number of methoxy groups -OCH3 is 1. The van der Waals surface area contributed by atoms with Crippen molar-refractivity contribution in [1.82, 2.24) is 9.88 Å². The van der Waals surface area contributed by atoms with E-state index in [4.69, 9.17) is 32.7 Å². The maximum Gasteiger partial charge on any atom is 0.122 e. The lowest BCUT2D eigenvalue weighted by atomic mass is 10.1. The molecule has 2 aromatic rings. The van der Waals surface area contributed by atoms with Crippen molar-refractivity contribution in [3.05, 3.63) is 57.8 Å². The number of nitrogens with zero attached hydrogens (tertiary/aromatic N) is 2. The molecule has 23 heavy (non-hydrogen) atoms. The van der Waals surface area contributed by atoms with Gasteiger partial charge in [0.15, 0.2) is 0 Å². The van der Waals surface area contributed by atoms with Crippen LogP contribution in [0.2, 0.25) is 10.0 Å². The van der Waals surface area contributed by atoms with Gasteiger partial charge in [-0.3, -0.25) is 9.88 Å². The van der Waals surface area contributed by atoms with E-state index in [1.165, 1.54) is 0 Å². The molecule has 1 aromatic heterocycles. The van der Waals surface area contributed by atoms with Crippen molar-refractivity contribution >= 4 is 23.2 Å². The minimum Gasteiger partial charge on any atom is -0.497 e. The Hall–Kier alpha value is -1.33. The highest BCUT2D eigenvalue weighted by molar-refractivity contribution is 6.42. The van der Waals surface area contributed by atoms with Crippen LogP contribution in [0.3, 0.4) is 0 Å². The molecule has 0 bridgehead atoms. The average Bonchev–Trinajstić information content (AvgIpc) is 2.58. The molecule has 2 heterocycles. The number of hydrogen-bond donors (Lipinski definition) is 0. The van der Waals surface area contributed by atoms with Gasteiger partial charge in [-0.25, -0.2) is 0 Å². The first-order chi connectivity index (χ1) is 11.2. The summed E-state index contributed by atoms with van der Waals surface area (Å²) < 4.78 is 11.1. The van der Waals surface area contributed by atoms with Crippen molar-refractivity contribution in [3.63, 3.8) is 0 Å². The van der Waals surface area contributed by atoms with Gasteiger partial charge in [-0.15, -0.1) is 0 Å². The summed E-state index contributed by atoms with van der Waals surface area (Å²) in [4.78, 5) is 6.72. The third-order valence-electron chi connectivity index (χ3n) is 3.88. The largest absolute Gasteiger partial charge is 0.497 e. The van der Waals surface area contributed by atoms with Gasteiger partial charge < -0.3 is 9.47 Å². The van der Waals surface area contributed by atoms with Crippen molar-refractivity contribution in [2.24, 2.45) is 0 Å². The van der Waals surface area contributed by atoms with E-state index in [2.05, 4.69) is 9.88 Å². The van der Waals surface area contributed by atoms with E-state index < -0.39 is 0 Å². The fraction of sp³-hybridized carbons (Fsp3) is 0.353. The van der Waals surface area contributed by atoms with Crippen molar-refractivity contribution in [2.75, 3.05) is 26.8 Å². The highest BCUT2D eigenvalue weighted by Crippen LogP contribution is 2.29. The topological polar surface area (TPSA) is 34.6 Å². The highest BCUT2D eigenvalue weighted by Gasteiger charge is 2.23. The van der Waals surface area contributed by atoms with Crippen LogP contribution in [0.25, 0.3) is 0 Å². The summed E-state index contributed by atoms with van der Waals surface area (Å²) in [6, 6.07) is 9.46. The summed E-state index contributed by atoms with van der Waals surface area (Å²) in [5.41, 5.74) is 2.03. The predicted octanol–water partition coefficient (Wildman–Crippen LogP) is 3.97. The standard InChI is InChI=1S/C17H18Cl2N2O2/c1-22-14-4-5-20-13(9-14)10-21-6-7-23-17(11-21)12-2-3-15(18)16(19)8-12/h2-5,8-9,17H,6-7,10-11H2,1H3/t17-/m1/s1. The van der Waals surface area contributed by atoms with Crippen molar-refractivity contribution < 1.29 is 9.47 Å². The molecule has 0 amide bonds. The summed E-state index contributed by atoms with van der Waals surface area (Å²) >= 11 is 12.1. The Morgan fingerprint density at radius 2 is 2.13 bits per heavy atom. The van der Waals surface area contributed by atoms with Crippen LogP contribution in [0.4, 0.5) is 0 Å². The van der Waals surface area contributed by atoms with E-state index in [1.807, 2.05) is 30.3 Å². The fourth-order valence-corrected chi connectivity index (χ4v) is 2.97. The van der Waals surface area contributed by atoms with Gasteiger partial charge in [0.2, 0.25) is 0 Å². The second-order valence-electron chi connectivity index (χ2n) is 5.46. The number of morpholine rings is 1. The summed E-state index contributed by atoms with van der Waals surface area (Å²) in [5, 5.41) is 1.11. The SMILES string of the molecule is COc1ccnc(CN2CCO[C@@H](c3ccc(Cl)c(Cl)c3)C2)c1. The highest BCUT2D eigenvalue weighted by atomic mass is 35.5. The molecule has 0 radical (unpaired) electrons. The van der Waals surface area contributed by atoms with Crippen LogP contribution in [-0.4, -0.2) is 36.7 Å². The van der Waals surface area contributed by atoms with Gasteiger partial charge in [0.25, 0.3) is 0 Å². The van der Waals surface area contributed by atoms with Crippen LogP contribution in [0.5, 0.6) is 5.75 Å². The van der Waals surface area contributed by atoms with E-state index in [0.29, 0.717) is 16.7 Å². The number of rotatable bonds is 4. The Morgan fingerprint density at radius 3 is 2.91 bits per heavy atom. The maximum absolute atomic E-state index is 6.11. The molecule has 122 valence electrons. The molecule has 0 unspecified atom stereocenters. The first-order valence-corrected chi connectivity index (χ1v) is 8.19. The maximum atomic E-state index is 6.11. The number of hydrogen-bond acceptors (Lipinski definition) is 4. The molecule has 6 heteroatoms. The molecule has 1 atom stereocenters. The number of halogens is 2. The van der Waals surface area contributed by atoms with Gasteiger partial charge in [-0.2, -0.15) is 0 Å². The lowest BCUT2D eigenvalue weighted by Gasteiger charge is -2.33. The van der Waals surface area contributed by atoms with Crippen LogP contribution in [0, 0.1) is 0 Å². The molecule has 1 aliphatic rings. The predicted molar refractivity (Wildman–Crippen MR) is 91.2 cm³/mol. The number of benzene rings is 1. The normalized spacial score (nSPS) is 18.8. The van der Waals surface area contributed by atoms with Crippen LogP contribution in [-0.2, 0) is 11.3 Å². The second-order valence-corrected chi connectivity index (χ2v) is 6.27. The molecular formula is C17H18Cl2N2O2. The first kappa shape index (κ1) is 16.5. The summed E-state index contributed by atoms with van der Waals surface area (Å²) in [6.07, 6.45) is 1.76. The van der Waals surface area contributed by atoms with Crippen LogP contribution in [0.1, 0.15) is 17.4 Å². The Bertz CT molecular complexity index is 681. The molecule has 0 aliphatic carbocycles. The molecule has 1 aliphatic heterocycles. The molecule has 1 saturated heterocycles. The van der Waals surface area contributed by atoms with Gasteiger partial charge in [-0.05, 0) is 23.8 Å². The number of ether oxygens (including phenoxy) is 2. The van der Waals surface area contributed by atoms with Gasteiger partial charge in [-0.1, -0.05) is 29.3 Å². The van der Waals surface area contributed by atoms with E-state index in [9.17, 15) is 0 Å². The Balaban J connectivity index is 1.69. The van der Waals surface area contributed by atoms with Gasteiger partial charge in [0.05, 0.1) is 35.6 Å². The lowest BCUT2D eigenvalue weighted by molar-refractivity contribution is -0.0332. The Labute approximate surface area is 145 Å². The first-order valence-electron chi connectivity index (χ1n) is 7.43. The third-order valence-corrected chi connectivity index (χ3v) is 4.61. The quantitative estimate of drug-likeness (QED) is 0.833. The molecule has 3 rings (SSSR count). The second kappa shape index (κ2) is 7.49. The summed E-state index contributed by atoms with van der Waals surface area (Å²) in [5.74, 6) is 0.823. The van der Waals surface area contributed by atoms with Crippen LogP contribution < -0.4 is 4.74 Å². The third kappa shape index (κ3) is 4.15. The zero-order valence-corrected chi connectivity index (χ0v) is 14.3. The van der Waals surface area contributed by atoms with Gasteiger partial charge >= 0.3 is 0 Å². The van der Waals surface area contributed by atoms with E-state index in [1.54, 1.807) is 13.3 Å². The van der Waals surface area contributed by atoms with E-state index >= 15 is 0 Å². The smallest absolute Gasteiger partial charge is 0.122 e. The molecule has 1 fully saturated rings. The summed E-state index contributed by atoms with van der Waals surface area (Å²) in [6.45, 7) is 3.10. The van der Waals surface area contributed by atoms with Crippen LogP contribution >= 0.6 is 23.2 Å². The molecular weight excluding hydrogens is 335 g/mol. The van der Waals surface area contributed by atoms with E-state index in [0.717, 1.165) is 36.6 Å². The van der Waals surface area contributed by atoms with Crippen molar-refractivity contribution in [1.29, 1.82) is 0 Å². The van der Waals surface area contributed by atoms with Gasteiger partial charge in [0, 0.05) is 31.9 Å². The van der Waals surface area contributed by atoms with Gasteiger partial charge in [0.1, 0.15) is 5.75 Å². The molecule has 4 nitrogen and oxygen atoms in total. The number of aromatic nitrogens is 1. The Morgan fingerprint density at radius 1 is 1.26 bits per heavy atom. The van der Waals surface area contributed by atoms with Crippen molar-refractivity contribution in [3.8, 4) is 5.75 Å².